The molecule has 18 heavy (non-hydrogen) atoms. The van der Waals surface area contributed by atoms with Gasteiger partial charge < -0.3 is 4.74 Å². The number of hydrogen-bond donors (Lipinski definition) is 0. The highest BCUT2D eigenvalue weighted by Gasteiger charge is 2.19. The molecule has 0 aliphatic carbocycles. The zero-order valence-corrected chi connectivity index (χ0v) is 11.3. The van der Waals surface area contributed by atoms with E-state index in [2.05, 4.69) is 45.0 Å². The van der Waals surface area contributed by atoms with Crippen LogP contribution in [0.25, 0.3) is 0 Å². The second kappa shape index (κ2) is 5.72. The zero-order valence-electron chi connectivity index (χ0n) is 11.3. The Morgan fingerprint density at radius 2 is 1.44 bits per heavy atom. The summed E-state index contributed by atoms with van der Waals surface area (Å²) in [6.07, 6.45) is 0.105. The summed E-state index contributed by atoms with van der Waals surface area (Å²) in [5, 5.41) is 0. The molecule has 0 amide bonds. The Morgan fingerprint density at radius 1 is 0.833 bits per heavy atom. The van der Waals surface area contributed by atoms with Crippen LogP contribution in [0, 0.1) is 12.8 Å². The third-order valence-electron chi connectivity index (χ3n) is 3.11. The SMILES string of the molecule is Cc1ccccc1[C@@H](Oc1ccccc1)C(C)C. The van der Waals surface area contributed by atoms with Crippen molar-refractivity contribution in [2.45, 2.75) is 26.9 Å². The van der Waals surface area contributed by atoms with E-state index in [1.54, 1.807) is 0 Å². The van der Waals surface area contributed by atoms with Crippen LogP contribution in [0.1, 0.15) is 31.1 Å². The minimum absolute atomic E-state index is 0.105. The molecule has 0 aliphatic rings. The second-order valence-corrected chi connectivity index (χ2v) is 4.95. The lowest BCUT2D eigenvalue weighted by molar-refractivity contribution is 0.153. The van der Waals surface area contributed by atoms with E-state index in [-0.39, 0.29) is 6.10 Å². The van der Waals surface area contributed by atoms with Crippen molar-refractivity contribution in [3.05, 3.63) is 65.7 Å². The number of ether oxygens (including phenoxy) is 1. The van der Waals surface area contributed by atoms with Gasteiger partial charge in [-0.25, -0.2) is 0 Å². The van der Waals surface area contributed by atoms with Gasteiger partial charge in [0.15, 0.2) is 0 Å². The molecule has 2 rings (SSSR count). The summed E-state index contributed by atoms with van der Waals surface area (Å²) in [6, 6.07) is 18.5. The van der Waals surface area contributed by atoms with Crippen LogP contribution in [0.15, 0.2) is 54.6 Å². The maximum absolute atomic E-state index is 6.14. The molecule has 1 atom stereocenters. The van der Waals surface area contributed by atoms with E-state index in [9.17, 15) is 0 Å². The number of benzene rings is 2. The first kappa shape index (κ1) is 12.7. The third kappa shape index (κ3) is 2.92. The van der Waals surface area contributed by atoms with Crippen LogP contribution in [0.5, 0.6) is 5.75 Å². The van der Waals surface area contributed by atoms with Gasteiger partial charge in [-0.15, -0.1) is 0 Å². The van der Waals surface area contributed by atoms with Crippen molar-refractivity contribution < 1.29 is 4.74 Å². The summed E-state index contributed by atoms with van der Waals surface area (Å²) >= 11 is 0. The minimum atomic E-state index is 0.105. The number of para-hydroxylation sites is 1. The lowest BCUT2D eigenvalue weighted by atomic mass is 9.95. The summed E-state index contributed by atoms with van der Waals surface area (Å²) in [5.41, 5.74) is 2.56. The van der Waals surface area contributed by atoms with E-state index in [0.717, 1.165) is 5.75 Å². The Labute approximate surface area is 109 Å². The van der Waals surface area contributed by atoms with Crippen molar-refractivity contribution in [2.75, 3.05) is 0 Å². The molecule has 0 saturated carbocycles. The number of rotatable bonds is 4. The molecule has 0 aromatic heterocycles. The summed E-state index contributed by atoms with van der Waals surface area (Å²) < 4.78 is 6.14. The van der Waals surface area contributed by atoms with Crippen molar-refractivity contribution in [2.24, 2.45) is 5.92 Å². The zero-order chi connectivity index (χ0) is 13.0. The molecule has 0 aliphatic heterocycles. The standard InChI is InChI=1S/C17H20O/c1-13(2)17(16-12-8-7-9-14(16)3)18-15-10-5-4-6-11-15/h4-13,17H,1-3H3/t17-/m0/s1. The number of aryl methyl sites for hydroxylation is 1. The summed E-state index contributed by atoms with van der Waals surface area (Å²) in [6.45, 7) is 6.53. The molecule has 0 bridgehead atoms. The van der Waals surface area contributed by atoms with Gasteiger partial charge in [-0.1, -0.05) is 56.3 Å². The van der Waals surface area contributed by atoms with Gasteiger partial charge in [0.05, 0.1) is 0 Å². The summed E-state index contributed by atoms with van der Waals surface area (Å²) in [7, 11) is 0. The van der Waals surface area contributed by atoms with E-state index in [0.29, 0.717) is 5.92 Å². The van der Waals surface area contributed by atoms with Gasteiger partial charge in [0.2, 0.25) is 0 Å². The fourth-order valence-corrected chi connectivity index (χ4v) is 2.11. The molecule has 0 unspecified atom stereocenters. The molecular formula is C17H20O. The molecule has 2 aromatic rings. The van der Waals surface area contributed by atoms with Crippen LogP contribution in [0.4, 0.5) is 0 Å². The molecule has 2 aromatic carbocycles. The average Bonchev–Trinajstić information content (AvgIpc) is 2.38. The highest BCUT2D eigenvalue weighted by Crippen LogP contribution is 2.29. The van der Waals surface area contributed by atoms with Gasteiger partial charge in [-0.05, 0) is 36.1 Å². The topological polar surface area (TPSA) is 9.23 Å². The van der Waals surface area contributed by atoms with Crippen LogP contribution in [0.3, 0.4) is 0 Å². The Bertz CT molecular complexity index is 488. The smallest absolute Gasteiger partial charge is 0.126 e. The Kier molecular flexibility index (Phi) is 4.03. The molecule has 0 spiro atoms. The predicted octanol–water partition coefficient (Wildman–Crippen LogP) is 4.77. The van der Waals surface area contributed by atoms with Gasteiger partial charge >= 0.3 is 0 Å². The number of hydrogen-bond acceptors (Lipinski definition) is 1. The molecule has 1 nitrogen and oxygen atoms in total. The summed E-state index contributed by atoms with van der Waals surface area (Å²) in [5.74, 6) is 1.37. The quantitative estimate of drug-likeness (QED) is 0.748. The van der Waals surface area contributed by atoms with Crippen LogP contribution < -0.4 is 4.74 Å². The molecule has 0 heterocycles. The Hall–Kier alpha value is -1.76. The van der Waals surface area contributed by atoms with Crippen molar-refractivity contribution in [1.82, 2.24) is 0 Å². The second-order valence-electron chi connectivity index (χ2n) is 4.95. The van der Waals surface area contributed by atoms with Crippen LogP contribution >= 0.6 is 0 Å². The van der Waals surface area contributed by atoms with Gasteiger partial charge in [0.1, 0.15) is 11.9 Å². The van der Waals surface area contributed by atoms with Gasteiger partial charge in [-0.3, -0.25) is 0 Å². The third-order valence-corrected chi connectivity index (χ3v) is 3.11. The van der Waals surface area contributed by atoms with E-state index >= 15 is 0 Å². The molecule has 0 saturated heterocycles. The van der Waals surface area contributed by atoms with Crippen molar-refractivity contribution in [3.8, 4) is 5.75 Å². The maximum atomic E-state index is 6.14. The predicted molar refractivity (Wildman–Crippen MR) is 75.8 cm³/mol. The molecule has 0 radical (unpaired) electrons. The monoisotopic (exact) mass is 240 g/mol. The van der Waals surface area contributed by atoms with Crippen LogP contribution in [-0.2, 0) is 0 Å². The first-order valence-corrected chi connectivity index (χ1v) is 6.45. The van der Waals surface area contributed by atoms with Gasteiger partial charge in [0, 0.05) is 0 Å². The van der Waals surface area contributed by atoms with E-state index in [1.165, 1.54) is 11.1 Å². The first-order chi connectivity index (χ1) is 8.68. The van der Waals surface area contributed by atoms with E-state index in [1.807, 2.05) is 30.3 Å². The molecular weight excluding hydrogens is 220 g/mol. The largest absolute Gasteiger partial charge is 0.485 e. The maximum Gasteiger partial charge on any atom is 0.126 e. The minimum Gasteiger partial charge on any atom is -0.485 e. The normalized spacial score (nSPS) is 12.4. The van der Waals surface area contributed by atoms with Crippen molar-refractivity contribution in [1.29, 1.82) is 0 Å². The fraction of sp³-hybridized carbons (Fsp3) is 0.294. The highest BCUT2D eigenvalue weighted by molar-refractivity contribution is 5.30. The van der Waals surface area contributed by atoms with Crippen LogP contribution in [0.2, 0.25) is 0 Å². The fourth-order valence-electron chi connectivity index (χ4n) is 2.11. The van der Waals surface area contributed by atoms with E-state index < -0.39 is 0 Å². The molecule has 1 heteroatoms. The first-order valence-electron chi connectivity index (χ1n) is 6.45. The highest BCUT2D eigenvalue weighted by atomic mass is 16.5. The lowest BCUT2D eigenvalue weighted by Crippen LogP contribution is -2.15. The van der Waals surface area contributed by atoms with E-state index in [4.69, 9.17) is 4.74 Å². The van der Waals surface area contributed by atoms with Crippen molar-refractivity contribution >= 4 is 0 Å². The molecule has 0 fully saturated rings. The van der Waals surface area contributed by atoms with Crippen molar-refractivity contribution in [3.63, 3.8) is 0 Å². The molecule has 94 valence electrons. The lowest BCUT2D eigenvalue weighted by Gasteiger charge is -2.24. The Morgan fingerprint density at radius 3 is 2.06 bits per heavy atom. The Balaban J connectivity index is 2.27. The average molecular weight is 240 g/mol. The van der Waals surface area contributed by atoms with Gasteiger partial charge in [-0.2, -0.15) is 0 Å². The van der Waals surface area contributed by atoms with Crippen LogP contribution in [-0.4, -0.2) is 0 Å². The molecule has 0 N–H and O–H groups in total. The summed E-state index contributed by atoms with van der Waals surface area (Å²) in [4.78, 5) is 0. The van der Waals surface area contributed by atoms with Gasteiger partial charge in [0.25, 0.3) is 0 Å².